The average molecular weight is 213 g/mol. The number of Topliss-reactive ketones (excluding diaryl/α,β-unsaturated/α-hetero) is 1. The summed E-state index contributed by atoms with van der Waals surface area (Å²) in [5.74, 6) is -3.21. The summed E-state index contributed by atoms with van der Waals surface area (Å²) in [6.45, 7) is 3.34. The van der Waals surface area contributed by atoms with Crippen LogP contribution >= 0.6 is 0 Å². The van der Waals surface area contributed by atoms with Crippen LogP contribution in [-0.4, -0.2) is 29.6 Å². The lowest BCUT2D eigenvalue weighted by Crippen LogP contribution is -2.32. The number of nitriles is 1. The van der Waals surface area contributed by atoms with E-state index in [1.54, 1.807) is 0 Å². The van der Waals surface area contributed by atoms with Crippen molar-refractivity contribution in [1.29, 1.82) is 5.26 Å². The van der Waals surface area contributed by atoms with E-state index in [4.69, 9.17) is 15.1 Å². The zero-order chi connectivity index (χ0) is 11.8. The second kappa shape index (κ2) is 6.96. The molecule has 0 aliphatic carbocycles. The largest absolute Gasteiger partial charge is 0.464 e. The third kappa shape index (κ3) is 4.56. The van der Waals surface area contributed by atoms with Crippen LogP contribution in [0.5, 0.6) is 0 Å². The van der Waals surface area contributed by atoms with Crippen molar-refractivity contribution in [1.82, 2.24) is 0 Å². The molecule has 5 nitrogen and oxygen atoms in total. The number of aliphatic hydroxyl groups is 1. The molecule has 0 amide bonds. The van der Waals surface area contributed by atoms with Gasteiger partial charge in [0.05, 0.1) is 12.7 Å². The molecule has 15 heavy (non-hydrogen) atoms. The molecule has 0 spiro atoms. The van der Waals surface area contributed by atoms with Crippen LogP contribution in [0.25, 0.3) is 0 Å². The molecule has 1 N–H and O–H groups in total. The van der Waals surface area contributed by atoms with Crippen LogP contribution in [0.3, 0.4) is 0 Å². The van der Waals surface area contributed by atoms with Gasteiger partial charge in [0.25, 0.3) is 0 Å². The number of ketones is 1. The standard InChI is InChI=1S/C10H15NO4/c1-3-4-5-15-10(14)8(6-11)9(13)7(2)12/h7-8,12H,3-5H2,1-2H3. The number of carbonyl (C=O) groups is 2. The molecule has 0 radical (unpaired) electrons. The molecule has 84 valence electrons. The van der Waals surface area contributed by atoms with E-state index in [-0.39, 0.29) is 6.61 Å². The van der Waals surface area contributed by atoms with E-state index >= 15 is 0 Å². The van der Waals surface area contributed by atoms with Crippen LogP contribution in [0, 0.1) is 17.2 Å². The first-order valence-electron chi connectivity index (χ1n) is 4.82. The van der Waals surface area contributed by atoms with Crippen LogP contribution in [0.4, 0.5) is 0 Å². The fourth-order valence-electron chi connectivity index (χ4n) is 0.874. The maximum atomic E-state index is 11.2. The molecule has 0 saturated heterocycles. The van der Waals surface area contributed by atoms with E-state index in [1.165, 1.54) is 13.0 Å². The van der Waals surface area contributed by atoms with Crippen molar-refractivity contribution in [3.8, 4) is 6.07 Å². The summed E-state index contributed by atoms with van der Waals surface area (Å²) in [6, 6.07) is 1.53. The summed E-state index contributed by atoms with van der Waals surface area (Å²) >= 11 is 0. The number of hydrogen-bond acceptors (Lipinski definition) is 5. The summed E-state index contributed by atoms with van der Waals surface area (Å²) in [5.41, 5.74) is 0. The fraction of sp³-hybridized carbons (Fsp3) is 0.700. The van der Waals surface area contributed by atoms with E-state index in [0.717, 1.165) is 6.42 Å². The summed E-state index contributed by atoms with van der Waals surface area (Å²) in [5, 5.41) is 17.5. The van der Waals surface area contributed by atoms with Gasteiger partial charge in [0.15, 0.2) is 5.78 Å². The molecule has 0 aliphatic heterocycles. The first-order chi connectivity index (χ1) is 7.04. The van der Waals surface area contributed by atoms with Crippen molar-refractivity contribution in [2.24, 2.45) is 5.92 Å². The molecular formula is C10H15NO4. The van der Waals surface area contributed by atoms with Gasteiger partial charge in [0, 0.05) is 0 Å². The molecule has 0 aromatic carbocycles. The molecule has 2 unspecified atom stereocenters. The smallest absolute Gasteiger partial charge is 0.331 e. The molecule has 0 fully saturated rings. The first-order valence-corrected chi connectivity index (χ1v) is 4.82. The van der Waals surface area contributed by atoms with E-state index in [1.807, 2.05) is 6.92 Å². The zero-order valence-corrected chi connectivity index (χ0v) is 8.90. The van der Waals surface area contributed by atoms with Gasteiger partial charge in [-0.2, -0.15) is 5.26 Å². The molecule has 2 atom stereocenters. The fourth-order valence-corrected chi connectivity index (χ4v) is 0.874. The Morgan fingerprint density at radius 3 is 2.53 bits per heavy atom. The number of hydrogen-bond donors (Lipinski definition) is 1. The van der Waals surface area contributed by atoms with Gasteiger partial charge in [-0.15, -0.1) is 0 Å². The van der Waals surface area contributed by atoms with E-state index in [0.29, 0.717) is 6.42 Å². The van der Waals surface area contributed by atoms with Crippen molar-refractivity contribution in [3.05, 3.63) is 0 Å². The van der Waals surface area contributed by atoms with Crippen molar-refractivity contribution in [3.63, 3.8) is 0 Å². The minimum absolute atomic E-state index is 0.195. The van der Waals surface area contributed by atoms with Gasteiger partial charge in [0.2, 0.25) is 5.92 Å². The topological polar surface area (TPSA) is 87.4 Å². The van der Waals surface area contributed by atoms with Crippen LogP contribution in [-0.2, 0) is 14.3 Å². The number of esters is 1. The van der Waals surface area contributed by atoms with Crippen molar-refractivity contribution in [2.45, 2.75) is 32.8 Å². The van der Waals surface area contributed by atoms with Gasteiger partial charge < -0.3 is 9.84 Å². The Morgan fingerprint density at radius 2 is 2.13 bits per heavy atom. The van der Waals surface area contributed by atoms with Crippen LogP contribution < -0.4 is 0 Å². The zero-order valence-electron chi connectivity index (χ0n) is 8.90. The second-order valence-electron chi connectivity index (χ2n) is 3.16. The van der Waals surface area contributed by atoms with Crippen molar-refractivity contribution in [2.75, 3.05) is 6.61 Å². The molecule has 0 aromatic rings. The Kier molecular flexibility index (Phi) is 6.30. The predicted molar refractivity (Wildman–Crippen MR) is 51.7 cm³/mol. The lowest BCUT2D eigenvalue weighted by Gasteiger charge is -2.09. The summed E-state index contributed by atoms with van der Waals surface area (Å²) in [7, 11) is 0. The van der Waals surface area contributed by atoms with Gasteiger partial charge in [0.1, 0.15) is 6.10 Å². The Balaban J connectivity index is 4.24. The third-order valence-corrected chi connectivity index (χ3v) is 1.80. The monoisotopic (exact) mass is 213 g/mol. The molecule has 0 saturated carbocycles. The van der Waals surface area contributed by atoms with E-state index in [2.05, 4.69) is 0 Å². The highest BCUT2D eigenvalue weighted by atomic mass is 16.5. The number of nitrogens with zero attached hydrogens (tertiary/aromatic N) is 1. The van der Waals surface area contributed by atoms with Crippen LogP contribution in [0.1, 0.15) is 26.7 Å². The van der Waals surface area contributed by atoms with Gasteiger partial charge in [-0.25, -0.2) is 0 Å². The number of carbonyl (C=O) groups excluding carboxylic acids is 2. The summed E-state index contributed by atoms with van der Waals surface area (Å²) in [4.78, 5) is 22.4. The Bertz CT molecular complexity index is 267. The van der Waals surface area contributed by atoms with E-state index < -0.39 is 23.8 Å². The quantitative estimate of drug-likeness (QED) is 0.392. The lowest BCUT2D eigenvalue weighted by molar-refractivity contribution is -0.151. The van der Waals surface area contributed by atoms with E-state index in [9.17, 15) is 9.59 Å². The second-order valence-corrected chi connectivity index (χ2v) is 3.16. The molecule has 0 rings (SSSR count). The average Bonchev–Trinajstić information content (AvgIpc) is 2.19. The highest BCUT2D eigenvalue weighted by Crippen LogP contribution is 2.04. The molecule has 0 aliphatic rings. The summed E-state index contributed by atoms with van der Waals surface area (Å²) in [6.07, 6.45) is 0.218. The molecule has 0 aromatic heterocycles. The minimum Gasteiger partial charge on any atom is -0.464 e. The summed E-state index contributed by atoms with van der Waals surface area (Å²) < 4.78 is 4.71. The first kappa shape index (κ1) is 13.6. The SMILES string of the molecule is CCCCOC(=O)C(C#N)C(=O)C(C)O. The van der Waals surface area contributed by atoms with Gasteiger partial charge >= 0.3 is 5.97 Å². The highest BCUT2D eigenvalue weighted by molar-refractivity contribution is 6.03. The van der Waals surface area contributed by atoms with Crippen molar-refractivity contribution >= 4 is 11.8 Å². The van der Waals surface area contributed by atoms with Crippen LogP contribution in [0.15, 0.2) is 0 Å². The third-order valence-electron chi connectivity index (χ3n) is 1.80. The minimum atomic E-state index is -1.51. The maximum absolute atomic E-state index is 11.2. The molecule has 0 bridgehead atoms. The normalized spacial score (nSPS) is 13.7. The number of rotatable bonds is 6. The van der Waals surface area contributed by atoms with Crippen molar-refractivity contribution < 1.29 is 19.4 Å². The number of unbranched alkanes of at least 4 members (excludes halogenated alkanes) is 1. The maximum Gasteiger partial charge on any atom is 0.331 e. The Hall–Kier alpha value is -1.41. The molecule has 0 heterocycles. The Morgan fingerprint density at radius 1 is 1.53 bits per heavy atom. The highest BCUT2D eigenvalue weighted by Gasteiger charge is 2.30. The molecule has 5 heteroatoms. The van der Waals surface area contributed by atoms with Crippen LogP contribution in [0.2, 0.25) is 0 Å². The van der Waals surface area contributed by atoms with Gasteiger partial charge in [-0.05, 0) is 13.3 Å². The van der Waals surface area contributed by atoms with Gasteiger partial charge in [-0.1, -0.05) is 13.3 Å². The molecular weight excluding hydrogens is 198 g/mol. The van der Waals surface area contributed by atoms with Gasteiger partial charge in [-0.3, -0.25) is 9.59 Å². The number of ether oxygens (including phenoxy) is 1. The predicted octanol–water partition coefficient (Wildman–Crippen LogP) is 0.419. The number of aliphatic hydroxyl groups excluding tert-OH is 1. The Labute approximate surface area is 88.6 Å². The lowest BCUT2D eigenvalue weighted by atomic mass is 10.0.